The third-order valence-electron chi connectivity index (χ3n) is 6.77. The fraction of sp³-hybridized carbons (Fsp3) is 0.741. The molecule has 0 bridgehead atoms. The van der Waals surface area contributed by atoms with E-state index in [-0.39, 0.29) is 6.79 Å². The SMILES string of the molecule is CO[C@@H]1C(C)=C[C@@H](C(=O)OCC[Si](C)(C)C)[C@](O)(c2ccoc2[Si](C)(C)C)[C@@H]1OCOCC[Si](C)(C)C. The highest BCUT2D eigenvalue weighted by Crippen LogP contribution is 2.44. The van der Waals surface area contributed by atoms with Crippen molar-refractivity contribution in [3.8, 4) is 0 Å². The summed E-state index contributed by atoms with van der Waals surface area (Å²) in [4.78, 5) is 13.6. The molecule has 0 amide bonds. The number of hydrogen-bond acceptors (Lipinski definition) is 7. The van der Waals surface area contributed by atoms with Crippen LogP contribution in [0, 0.1) is 5.92 Å². The summed E-state index contributed by atoms with van der Waals surface area (Å²) >= 11 is 0. The second-order valence-electron chi connectivity index (χ2n) is 13.7. The average Bonchev–Trinajstić information content (AvgIpc) is 3.25. The van der Waals surface area contributed by atoms with E-state index in [0.29, 0.717) is 18.8 Å². The van der Waals surface area contributed by atoms with Crippen LogP contribution in [-0.4, -0.2) is 74.6 Å². The summed E-state index contributed by atoms with van der Waals surface area (Å²) in [5.41, 5.74) is -0.373. The molecular formula is C27H50O7Si3. The molecule has 0 saturated carbocycles. The molecular weight excluding hydrogens is 521 g/mol. The number of esters is 1. The van der Waals surface area contributed by atoms with Crippen LogP contribution < -0.4 is 5.38 Å². The first kappa shape index (κ1) is 32.2. The summed E-state index contributed by atoms with van der Waals surface area (Å²) in [6.45, 7) is 22.8. The molecule has 2 rings (SSSR count). The van der Waals surface area contributed by atoms with Crippen molar-refractivity contribution in [1.82, 2.24) is 0 Å². The Balaban J connectivity index is 2.48. The molecule has 0 spiro atoms. The predicted octanol–water partition coefficient (Wildman–Crippen LogP) is 5.18. The van der Waals surface area contributed by atoms with Crippen LogP contribution in [0.3, 0.4) is 0 Å². The minimum Gasteiger partial charge on any atom is -0.474 e. The van der Waals surface area contributed by atoms with Gasteiger partial charge < -0.3 is 28.5 Å². The summed E-state index contributed by atoms with van der Waals surface area (Å²) in [5.74, 6) is -1.44. The molecule has 1 heterocycles. The number of rotatable bonds is 13. The second kappa shape index (κ2) is 12.4. The summed E-state index contributed by atoms with van der Waals surface area (Å²) < 4.78 is 29.7. The van der Waals surface area contributed by atoms with Crippen LogP contribution >= 0.6 is 0 Å². The molecule has 37 heavy (non-hydrogen) atoms. The fourth-order valence-corrected chi connectivity index (χ4v) is 7.52. The number of hydrogen-bond donors (Lipinski definition) is 1. The van der Waals surface area contributed by atoms with Gasteiger partial charge in [-0.3, -0.25) is 4.79 Å². The lowest BCUT2D eigenvalue weighted by Crippen LogP contribution is -2.61. The van der Waals surface area contributed by atoms with E-state index in [1.807, 2.05) is 6.92 Å². The Kier molecular flexibility index (Phi) is 10.8. The third-order valence-corrected chi connectivity index (χ3v) is 11.9. The molecule has 0 radical (unpaired) electrons. The standard InChI is InChI=1S/C27H50O7Si3/c1-20-18-22(25(28)32-15-17-36(6,7)8)27(29,21-12-13-33-26(21)37(9,10)11)24(23(20)30-2)34-19-31-14-16-35(3,4)5/h12-13,18,22-24,29H,14-17,19H2,1-11H3/t22-,23+,24+,27+/m0/s1. The van der Waals surface area contributed by atoms with Gasteiger partial charge >= 0.3 is 5.97 Å². The number of ether oxygens (including phenoxy) is 4. The van der Waals surface area contributed by atoms with Crippen molar-refractivity contribution in [2.45, 2.75) is 95.7 Å². The van der Waals surface area contributed by atoms with Gasteiger partial charge in [0, 0.05) is 35.4 Å². The first-order valence-electron chi connectivity index (χ1n) is 13.3. The molecule has 212 valence electrons. The Morgan fingerprint density at radius 3 is 2.16 bits per heavy atom. The second-order valence-corrected chi connectivity index (χ2v) is 29.9. The van der Waals surface area contributed by atoms with Crippen molar-refractivity contribution in [3.05, 3.63) is 29.5 Å². The van der Waals surface area contributed by atoms with Crippen LogP contribution in [0.2, 0.25) is 71.0 Å². The van der Waals surface area contributed by atoms with Crippen LogP contribution in [0.25, 0.3) is 0 Å². The molecule has 4 atom stereocenters. The van der Waals surface area contributed by atoms with Crippen molar-refractivity contribution < 1.29 is 33.3 Å². The van der Waals surface area contributed by atoms with Gasteiger partial charge in [0.25, 0.3) is 0 Å². The van der Waals surface area contributed by atoms with E-state index < -0.39 is 53.9 Å². The van der Waals surface area contributed by atoms with Gasteiger partial charge in [-0.1, -0.05) is 65.0 Å². The minimum atomic E-state index is -2.03. The molecule has 1 aromatic heterocycles. The Labute approximate surface area is 226 Å². The van der Waals surface area contributed by atoms with E-state index in [0.717, 1.165) is 23.0 Å². The first-order valence-corrected chi connectivity index (χ1v) is 24.2. The third kappa shape index (κ3) is 8.48. The molecule has 1 aliphatic carbocycles. The van der Waals surface area contributed by atoms with Gasteiger partial charge in [0.15, 0.2) is 0 Å². The summed E-state index contributed by atoms with van der Waals surface area (Å²) in [5, 5.41) is 13.3. The van der Waals surface area contributed by atoms with Gasteiger partial charge in [-0.05, 0) is 30.7 Å². The molecule has 0 aliphatic heterocycles. The number of methoxy groups -OCH3 is 1. The predicted molar refractivity (Wildman–Crippen MR) is 157 cm³/mol. The zero-order valence-corrected chi connectivity index (χ0v) is 27.9. The van der Waals surface area contributed by atoms with Crippen molar-refractivity contribution in [2.75, 3.05) is 27.1 Å². The highest BCUT2D eigenvalue weighted by atomic mass is 28.3. The van der Waals surface area contributed by atoms with Gasteiger partial charge in [-0.2, -0.15) is 0 Å². The Morgan fingerprint density at radius 1 is 1.03 bits per heavy atom. The number of carbonyl (C=O) groups excluding carboxylic acids is 1. The lowest BCUT2D eigenvalue weighted by atomic mass is 9.70. The van der Waals surface area contributed by atoms with Gasteiger partial charge in [-0.25, -0.2) is 0 Å². The first-order chi connectivity index (χ1) is 16.9. The van der Waals surface area contributed by atoms with Gasteiger partial charge in [-0.15, -0.1) is 0 Å². The van der Waals surface area contributed by atoms with Gasteiger partial charge in [0.05, 0.1) is 18.3 Å². The molecule has 0 fully saturated rings. The van der Waals surface area contributed by atoms with Crippen molar-refractivity contribution >= 4 is 35.6 Å². The maximum absolute atomic E-state index is 13.6. The maximum atomic E-state index is 13.6. The monoisotopic (exact) mass is 570 g/mol. The quantitative estimate of drug-likeness (QED) is 0.115. The largest absolute Gasteiger partial charge is 0.474 e. The van der Waals surface area contributed by atoms with E-state index in [1.165, 1.54) is 0 Å². The van der Waals surface area contributed by atoms with Crippen LogP contribution in [0.5, 0.6) is 0 Å². The highest BCUT2D eigenvalue weighted by molar-refractivity contribution is 6.88. The molecule has 0 unspecified atom stereocenters. The average molecular weight is 571 g/mol. The van der Waals surface area contributed by atoms with E-state index in [4.69, 9.17) is 23.4 Å². The normalized spacial score (nSPS) is 25.2. The van der Waals surface area contributed by atoms with Crippen molar-refractivity contribution in [3.63, 3.8) is 0 Å². The van der Waals surface area contributed by atoms with E-state index in [2.05, 4.69) is 58.9 Å². The lowest BCUT2D eigenvalue weighted by molar-refractivity contribution is -0.220. The van der Waals surface area contributed by atoms with Crippen LogP contribution in [-0.2, 0) is 29.3 Å². The lowest BCUT2D eigenvalue weighted by Gasteiger charge is -2.46. The highest BCUT2D eigenvalue weighted by Gasteiger charge is 2.58. The summed E-state index contributed by atoms with van der Waals surface area (Å²) in [6, 6.07) is 3.62. The number of furan rings is 1. The molecule has 7 nitrogen and oxygen atoms in total. The van der Waals surface area contributed by atoms with Crippen molar-refractivity contribution in [1.29, 1.82) is 0 Å². The molecule has 1 aromatic rings. The van der Waals surface area contributed by atoms with Crippen molar-refractivity contribution in [2.24, 2.45) is 5.92 Å². The molecule has 10 heteroatoms. The minimum absolute atomic E-state index is 0.0118. The van der Waals surface area contributed by atoms with E-state index in [1.54, 1.807) is 25.5 Å². The summed E-state index contributed by atoms with van der Waals surface area (Å²) in [7, 11) is -3.11. The Morgan fingerprint density at radius 2 is 1.62 bits per heavy atom. The summed E-state index contributed by atoms with van der Waals surface area (Å²) in [6.07, 6.45) is 1.90. The van der Waals surface area contributed by atoms with Crippen LogP contribution in [0.4, 0.5) is 0 Å². The zero-order chi connectivity index (χ0) is 28.2. The fourth-order valence-electron chi connectivity index (χ4n) is 4.54. The molecule has 0 aromatic carbocycles. The number of carbonyl (C=O) groups is 1. The van der Waals surface area contributed by atoms with E-state index >= 15 is 0 Å². The number of aliphatic hydroxyl groups is 1. The van der Waals surface area contributed by atoms with Crippen LogP contribution in [0.15, 0.2) is 28.4 Å². The Hall–Kier alpha value is -1.02. The topological polar surface area (TPSA) is 87.4 Å². The zero-order valence-electron chi connectivity index (χ0n) is 24.9. The molecule has 1 N–H and O–H groups in total. The maximum Gasteiger partial charge on any atom is 0.316 e. The van der Waals surface area contributed by atoms with Crippen LogP contribution in [0.1, 0.15) is 12.5 Å². The molecule has 1 aliphatic rings. The van der Waals surface area contributed by atoms with E-state index in [9.17, 15) is 9.90 Å². The van der Waals surface area contributed by atoms with Gasteiger partial charge in [0.1, 0.15) is 38.6 Å². The molecule has 0 saturated heterocycles. The smallest absolute Gasteiger partial charge is 0.316 e. The van der Waals surface area contributed by atoms with Gasteiger partial charge in [0.2, 0.25) is 0 Å². The Bertz CT molecular complexity index is 924.